The van der Waals surface area contributed by atoms with Crippen molar-refractivity contribution >= 4 is 15.9 Å². The number of hydrogen-bond acceptors (Lipinski definition) is 2. The first-order valence-corrected chi connectivity index (χ1v) is 6.93. The van der Waals surface area contributed by atoms with Crippen molar-refractivity contribution < 1.29 is 4.39 Å². The van der Waals surface area contributed by atoms with Crippen LogP contribution < -0.4 is 5.32 Å². The van der Waals surface area contributed by atoms with Crippen LogP contribution in [0.3, 0.4) is 0 Å². The van der Waals surface area contributed by atoms with Gasteiger partial charge in [-0.15, -0.1) is 0 Å². The van der Waals surface area contributed by atoms with Gasteiger partial charge in [0.1, 0.15) is 5.82 Å². The number of rotatable bonds is 4. The standard InChI is InChI=1S/C15H16BrFN2/c1-10-7-11(5-6-19-10)15(18-2)9-12-8-13(17)3-4-14(12)16/h3-8,15,18H,9H2,1-2H3. The van der Waals surface area contributed by atoms with E-state index >= 15 is 0 Å². The van der Waals surface area contributed by atoms with Crippen LogP contribution in [0.4, 0.5) is 4.39 Å². The Balaban J connectivity index is 2.26. The zero-order chi connectivity index (χ0) is 13.8. The molecule has 1 atom stereocenters. The lowest BCUT2D eigenvalue weighted by molar-refractivity contribution is 0.582. The molecule has 1 aromatic heterocycles. The van der Waals surface area contributed by atoms with E-state index in [1.807, 2.05) is 26.1 Å². The van der Waals surface area contributed by atoms with Crippen LogP contribution in [0.2, 0.25) is 0 Å². The second kappa shape index (κ2) is 6.26. The van der Waals surface area contributed by atoms with E-state index in [9.17, 15) is 4.39 Å². The second-order valence-corrected chi connectivity index (χ2v) is 5.37. The van der Waals surface area contributed by atoms with Crippen molar-refractivity contribution in [1.29, 1.82) is 0 Å². The number of likely N-dealkylation sites (N-methyl/N-ethyl adjacent to an activating group) is 1. The van der Waals surface area contributed by atoms with Crippen LogP contribution in [0, 0.1) is 12.7 Å². The molecule has 2 aromatic rings. The van der Waals surface area contributed by atoms with Gasteiger partial charge in [-0.1, -0.05) is 15.9 Å². The molecule has 0 saturated heterocycles. The minimum absolute atomic E-state index is 0.139. The zero-order valence-corrected chi connectivity index (χ0v) is 12.5. The summed E-state index contributed by atoms with van der Waals surface area (Å²) < 4.78 is 14.2. The van der Waals surface area contributed by atoms with Gasteiger partial charge in [-0.3, -0.25) is 4.98 Å². The first-order chi connectivity index (χ1) is 9.10. The van der Waals surface area contributed by atoms with E-state index in [4.69, 9.17) is 0 Å². The Bertz CT molecular complexity index is 572. The summed E-state index contributed by atoms with van der Waals surface area (Å²) in [7, 11) is 1.91. The number of nitrogens with one attached hydrogen (secondary N) is 1. The molecule has 1 heterocycles. The van der Waals surface area contributed by atoms with Crippen LogP contribution in [-0.4, -0.2) is 12.0 Å². The maximum Gasteiger partial charge on any atom is 0.123 e. The summed E-state index contributed by atoms with van der Waals surface area (Å²) in [6.07, 6.45) is 2.52. The van der Waals surface area contributed by atoms with E-state index in [0.29, 0.717) is 0 Å². The highest BCUT2D eigenvalue weighted by atomic mass is 79.9. The summed E-state index contributed by atoms with van der Waals surface area (Å²) in [4.78, 5) is 4.20. The van der Waals surface area contributed by atoms with Gasteiger partial charge in [-0.2, -0.15) is 0 Å². The van der Waals surface area contributed by atoms with Gasteiger partial charge in [0.25, 0.3) is 0 Å². The van der Waals surface area contributed by atoms with Crippen LogP contribution in [0.5, 0.6) is 0 Å². The first-order valence-electron chi connectivity index (χ1n) is 6.14. The third-order valence-electron chi connectivity index (χ3n) is 3.10. The zero-order valence-electron chi connectivity index (χ0n) is 11.0. The summed E-state index contributed by atoms with van der Waals surface area (Å²) in [6.45, 7) is 1.97. The maximum atomic E-state index is 13.3. The largest absolute Gasteiger partial charge is 0.313 e. The molecular formula is C15H16BrFN2. The second-order valence-electron chi connectivity index (χ2n) is 4.51. The molecule has 2 rings (SSSR count). The number of benzene rings is 1. The molecule has 0 amide bonds. The average molecular weight is 323 g/mol. The van der Waals surface area contributed by atoms with Crippen molar-refractivity contribution in [3.8, 4) is 0 Å². The summed E-state index contributed by atoms with van der Waals surface area (Å²) in [5, 5.41) is 3.27. The highest BCUT2D eigenvalue weighted by Gasteiger charge is 2.13. The van der Waals surface area contributed by atoms with Crippen LogP contribution in [0.25, 0.3) is 0 Å². The normalized spacial score (nSPS) is 12.4. The smallest absolute Gasteiger partial charge is 0.123 e. The van der Waals surface area contributed by atoms with E-state index in [1.165, 1.54) is 6.07 Å². The predicted molar refractivity (Wildman–Crippen MR) is 78.6 cm³/mol. The molecule has 1 unspecified atom stereocenters. The molecule has 100 valence electrons. The fraction of sp³-hybridized carbons (Fsp3) is 0.267. The Morgan fingerprint density at radius 2 is 2.11 bits per heavy atom. The molecule has 0 radical (unpaired) electrons. The molecule has 19 heavy (non-hydrogen) atoms. The average Bonchev–Trinajstić information content (AvgIpc) is 2.39. The van der Waals surface area contributed by atoms with E-state index in [2.05, 4.69) is 26.2 Å². The first kappa shape index (κ1) is 14.2. The molecule has 0 aliphatic carbocycles. The van der Waals surface area contributed by atoms with Crippen LogP contribution in [0.1, 0.15) is 22.9 Å². The molecule has 0 aliphatic rings. The van der Waals surface area contributed by atoms with Crippen molar-refractivity contribution in [2.24, 2.45) is 0 Å². The molecule has 1 N–H and O–H groups in total. The van der Waals surface area contributed by atoms with Crippen molar-refractivity contribution in [1.82, 2.24) is 10.3 Å². The Morgan fingerprint density at radius 3 is 2.79 bits per heavy atom. The number of nitrogens with zero attached hydrogens (tertiary/aromatic N) is 1. The fourth-order valence-electron chi connectivity index (χ4n) is 2.09. The molecular weight excluding hydrogens is 307 g/mol. The van der Waals surface area contributed by atoms with Gasteiger partial charge < -0.3 is 5.32 Å². The summed E-state index contributed by atoms with van der Waals surface area (Å²) in [5.41, 5.74) is 3.09. The fourth-order valence-corrected chi connectivity index (χ4v) is 2.50. The molecule has 0 saturated carbocycles. The number of aromatic nitrogens is 1. The maximum absolute atomic E-state index is 13.3. The lowest BCUT2D eigenvalue weighted by Gasteiger charge is -2.18. The van der Waals surface area contributed by atoms with Gasteiger partial charge in [-0.05, 0) is 61.9 Å². The van der Waals surface area contributed by atoms with Crippen molar-refractivity contribution in [3.63, 3.8) is 0 Å². The number of halogens is 2. The summed E-state index contributed by atoms with van der Waals surface area (Å²) in [5.74, 6) is -0.209. The lowest BCUT2D eigenvalue weighted by Crippen LogP contribution is -2.19. The van der Waals surface area contributed by atoms with Crippen molar-refractivity contribution in [2.75, 3.05) is 7.05 Å². The van der Waals surface area contributed by atoms with Crippen molar-refractivity contribution in [3.05, 3.63) is 63.6 Å². The minimum atomic E-state index is -0.209. The third-order valence-corrected chi connectivity index (χ3v) is 3.88. The highest BCUT2D eigenvalue weighted by Crippen LogP contribution is 2.24. The quantitative estimate of drug-likeness (QED) is 0.926. The van der Waals surface area contributed by atoms with E-state index < -0.39 is 0 Å². The highest BCUT2D eigenvalue weighted by molar-refractivity contribution is 9.10. The number of aryl methyl sites for hydroxylation is 1. The number of hydrogen-bond donors (Lipinski definition) is 1. The van der Waals surface area contributed by atoms with E-state index in [-0.39, 0.29) is 11.9 Å². The molecule has 0 spiro atoms. The molecule has 1 aromatic carbocycles. The monoisotopic (exact) mass is 322 g/mol. The molecule has 4 heteroatoms. The van der Waals surface area contributed by atoms with Crippen molar-refractivity contribution in [2.45, 2.75) is 19.4 Å². The third kappa shape index (κ3) is 3.61. The molecule has 2 nitrogen and oxygen atoms in total. The van der Waals surface area contributed by atoms with Crippen LogP contribution >= 0.6 is 15.9 Å². The van der Waals surface area contributed by atoms with Crippen LogP contribution in [0.15, 0.2) is 41.0 Å². The summed E-state index contributed by atoms with van der Waals surface area (Å²) in [6, 6.07) is 8.95. The van der Waals surface area contributed by atoms with Gasteiger partial charge in [0, 0.05) is 22.4 Å². The van der Waals surface area contributed by atoms with E-state index in [1.54, 1.807) is 18.3 Å². The molecule has 0 bridgehead atoms. The van der Waals surface area contributed by atoms with Crippen LogP contribution in [-0.2, 0) is 6.42 Å². The minimum Gasteiger partial charge on any atom is -0.313 e. The van der Waals surface area contributed by atoms with E-state index in [0.717, 1.165) is 27.7 Å². The Labute approximate surface area is 121 Å². The van der Waals surface area contributed by atoms with Gasteiger partial charge in [-0.25, -0.2) is 4.39 Å². The van der Waals surface area contributed by atoms with Gasteiger partial charge in [0.15, 0.2) is 0 Å². The number of pyridine rings is 1. The van der Waals surface area contributed by atoms with Gasteiger partial charge in [0.2, 0.25) is 0 Å². The predicted octanol–water partition coefficient (Wildman–Crippen LogP) is 3.79. The van der Waals surface area contributed by atoms with Gasteiger partial charge in [0.05, 0.1) is 0 Å². The SMILES string of the molecule is CNC(Cc1cc(F)ccc1Br)c1ccnc(C)c1. The molecule has 0 fully saturated rings. The Hall–Kier alpha value is -1.26. The Morgan fingerprint density at radius 1 is 1.32 bits per heavy atom. The van der Waals surface area contributed by atoms with Gasteiger partial charge >= 0.3 is 0 Å². The summed E-state index contributed by atoms with van der Waals surface area (Å²) >= 11 is 3.47. The Kier molecular flexibility index (Phi) is 4.66. The topological polar surface area (TPSA) is 24.9 Å². The lowest BCUT2D eigenvalue weighted by atomic mass is 9.99. The molecule has 0 aliphatic heterocycles.